The molecule has 0 atom stereocenters. The van der Waals surface area contributed by atoms with Gasteiger partial charge >= 0.3 is 0 Å². The van der Waals surface area contributed by atoms with Crippen molar-refractivity contribution in [3.05, 3.63) is 29.7 Å². The van der Waals surface area contributed by atoms with Gasteiger partial charge in [-0.05, 0) is 31.0 Å². The molecule has 0 spiro atoms. The van der Waals surface area contributed by atoms with Crippen molar-refractivity contribution in [3.8, 4) is 0 Å². The Kier molecular flexibility index (Phi) is 2.68. The van der Waals surface area contributed by atoms with E-state index in [2.05, 4.69) is 5.10 Å². The van der Waals surface area contributed by atoms with Gasteiger partial charge in [-0.25, -0.2) is 4.39 Å². The number of hydrogen-bond acceptors (Lipinski definition) is 2. The van der Waals surface area contributed by atoms with Gasteiger partial charge in [0.25, 0.3) is 0 Å². The third kappa shape index (κ3) is 1.85. The lowest BCUT2D eigenvalue weighted by atomic mass is 10.1. The number of aromatic nitrogens is 2. The maximum Gasteiger partial charge on any atom is 0.128 e. The molecule has 0 fully saturated rings. The van der Waals surface area contributed by atoms with Crippen LogP contribution < -0.4 is 5.73 Å². The Morgan fingerprint density at radius 2 is 2.27 bits per heavy atom. The van der Waals surface area contributed by atoms with Crippen LogP contribution in [0.3, 0.4) is 0 Å². The SMILES string of the molecule is Cn1ncc2cc(CCCN)c(F)cc21. The summed E-state index contributed by atoms with van der Waals surface area (Å²) in [5.41, 5.74) is 6.95. The molecule has 0 bridgehead atoms. The summed E-state index contributed by atoms with van der Waals surface area (Å²) in [6.07, 6.45) is 3.25. The highest BCUT2D eigenvalue weighted by Gasteiger charge is 2.07. The quantitative estimate of drug-likeness (QED) is 0.830. The van der Waals surface area contributed by atoms with E-state index in [9.17, 15) is 4.39 Å². The van der Waals surface area contributed by atoms with Gasteiger partial charge in [-0.2, -0.15) is 5.10 Å². The van der Waals surface area contributed by atoms with Crippen LogP contribution in [-0.2, 0) is 13.5 Å². The van der Waals surface area contributed by atoms with Crippen LogP contribution in [-0.4, -0.2) is 16.3 Å². The molecule has 0 amide bonds. The number of hydrogen-bond donors (Lipinski definition) is 1. The number of fused-ring (bicyclic) bond motifs is 1. The first-order chi connectivity index (χ1) is 7.22. The Labute approximate surface area is 87.7 Å². The highest BCUT2D eigenvalue weighted by molar-refractivity contribution is 5.79. The van der Waals surface area contributed by atoms with Crippen molar-refractivity contribution in [1.82, 2.24) is 9.78 Å². The van der Waals surface area contributed by atoms with Crippen molar-refractivity contribution in [2.75, 3.05) is 6.54 Å². The molecule has 80 valence electrons. The summed E-state index contributed by atoms with van der Waals surface area (Å²) in [6.45, 7) is 0.588. The van der Waals surface area contributed by atoms with Gasteiger partial charge in [-0.3, -0.25) is 4.68 Å². The number of nitrogens with zero attached hydrogens (tertiary/aromatic N) is 2. The Morgan fingerprint density at radius 3 is 3.00 bits per heavy atom. The molecule has 1 aromatic carbocycles. The van der Waals surface area contributed by atoms with E-state index >= 15 is 0 Å². The van der Waals surface area contributed by atoms with Gasteiger partial charge in [0.15, 0.2) is 0 Å². The molecule has 0 aliphatic heterocycles. The molecule has 2 aromatic rings. The van der Waals surface area contributed by atoms with Crippen molar-refractivity contribution in [3.63, 3.8) is 0 Å². The summed E-state index contributed by atoms with van der Waals surface area (Å²) in [7, 11) is 1.81. The number of benzene rings is 1. The zero-order valence-corrected chi connectivity index (χ0v) is 8.70. The molecule has 2 rings (SSSR count). The molecule has 1 aromatic heterocycles. The molecular weight excluding hydrogens is 193 g/mol. The van der Waals surface area contributed by atoms with Gasteiger partial charge in [-0.1, -0.05) is 0 Å². The summed E-state index contributed by atoms with van der Waals surface area (Å²) >= 11 is 0. The summed E-state index contributed by atoms with van der Waals surface area (Å²) in [5.74, 6) is -0.167. The summed E-state index contributed by atoms with van der Waals surface area (Å²) in [4.78, 5) is 0. The fourth-order valence-electron chi connectivity index (χ4n) is 1.71. The second kappa shape index (κ2) is 3.98. The van der Waals surface area contributed by atoms with E-state index in [1.54, 1.807) is 17.9 Å². The minimum Gasteiger partial charge on any atom is -0.330 e. The molecule has 0 aliphatic carbocycles. The molecule has 2 N–H and O–H groups in total. The zero-order chi connectivity index (χ0) is 10.8. The normalized spacial score (nSPS) is 11.1. The third-order valence-electron chi connectivity index (χ3n) is 2.56. The number of nitrogens with two attached hydrogens (primary N) is 1. The molecule has 15 heavy (non-hydrogen) atoms. The van der Waals surface area contributed by atoms with E-state index in [1.807, 2.05) is 6.07 Å². The van der Waals surface area contributed by atoms with Crippen molar-refractivity contribution in [2.24, 2.45) is 12.8 Å². The molecule has 0 aliphatic rings. The van der Waals surface area contributed by atoms with Crippen molar-refractivity contribution < 1.29 is 4.39 Å². The maximum absolute atomic E-state index is 13.6. The fraction of sp³-hybridized carbons (Fsp3) is 0.364. The van der Waals surface area contributed by atoms with Crippen molar-refractivity contribution in [1.29, 1.82) is 0 Å². The van der Waals surface area contributed by atoms with Gasteiger partial charge in [-0.15, -0.1) is 0 Å². The van der Waals surface area contributed by atoms with Crippen LogP contribution in [0.2, 0.25) is 0 Å². The minimum atomic E-state index is -0.167. The van der Waals surface area contributed by atoms with Gasteiger partial charge in [0.05, 0.1) is 11.7 Å². The largest absolute Gasteiger partial charge is 0.330 e. The molecule has 3 nitrogen and oxygen atoms in total. The average Bonchev–Trinajstić information content (AvgIpc) is 2.57. The van der Waals surface area contributed by atoms with Gasteiger partial charge in [0.2, 0.25) is 0 Å². The Balaban J connectivity index is 2.44. The van der Waals surface area contributed by atoms with E-state index < -0.39 is 0 Å². The zero-order valence-electron chi connectivity index (χ0n) is 8.70. The molecule has 0 saturated carbocycles. The van der Waals surface area contributed by atoms with E-state index in [0.717, 1.165) is 22.9 Å². The second-order valence-corrected chi connectivity index (χ2v) is 3.66. The first-order valence-electron chi connectivity index (χ1n) is 5.02. The lowest BCUT2D eigenvalue weighted by Crippen LogP contribution is -2.01. The van der Waals surface area contributed by atoms with Crippen molar-refractivity contribution in [2.45, 2.75) is 12.8 Å². The van der Waals surface area contributed by atoms with Crippen LogP contribution in [0.15, 0.2) is 18.3 Å². The van der Waals surface area contributed by atoms with Gasteiger partial charge in [0, 0.05) is 18.5 Å². The lowest BCUT2D eigenvalue weighted by molar-refractivity contribution is 0.606. The minimum absolute atomic E-state index is 0.167. The molecule has 4 heteroatoms. The summed E-state index contributed by atoms with van der Waals surface area (Å²) in [5, 5.41) is 5.06. The average molecular weight is 207 g/mol. The van der Waals surface area contributed by atoms with E-state index in [-0.39, 0.29) is 5.82 Å². The molecular formula is C11H14FN3. The first kappa shape index (κ1) is 10.1. The predicted octanol–water partition coefficient (Wildman–Crippen LogP) is 1.60. The maximum atomic E-state index is 13.6. The van der Waals surface area contributed by atoms with E-state index in [4.69, 9.17) is 5.73 Å². The second-order valence-electron chi connectivity index (χ2n) is 3.66. The summed E-state index contributed by atoms with van der Waals surface area (Å²) < 4.78 is 15.3. The summed E-state index contributed by atoms with van der Waals surface area (Å²) in [6, 6.07) is 3.39. The smallest absolute Gasteiger partial charge is 0.128 e. The Hall–Kier alpha value is -1.42. The van der Waals surface area contributed by atoms with E-state index in [1.165, 1.54) is 6.07 Å². The van der Waals surface area contributed by atoms with Crippen molar-refractivity contribution >= 4 is 10.9 Å². The number of rotatable bonds is 3. The van der Waals surface area contributed by atoms with Crippen LogP contribution in [0.5, 0.6) is 0 Å². The predicted molar refractivity (Wildman–Crippen MR) is 58.0 cm³/mol. The molecule has 0 saturated heterocycles. The Morgan fingerprint density at radius 1 is 1.47 bits per heavy atom. The number of halogens is 1. The third-order valence-corrected chi connectivity index (χ3v) is 2.56. The standard InChI is InChI=1S/C11H14FN3/c1-15-11-6-10(12)8(3-2-4-13)5-9(11)7-14-15/h5-7H,2-4,13H2,1H3. The van der Waals surface area contributed by atoms with Gasteiger partial charge in [0.1, 0.15) is 5.82 Å². The molecule has 1 heterocycles. The van der Waals surface area contributed by atoms with Crippen LogP contribution in [0.1, 0.15) is 12.0 Å². The van der Waals surface area contributed by atoms with Crippen LogP contribution in [0.4, 0.5) is 4.39 Å². The highest BCUT2D eigenvalue weighted by atomic mass is 19.1. The van der Waals surface area contributed by atoms with E-state index in [0.29, 0.717) is 13.0 Å². The molecule has 0 unspecified atom stereocenters. The number of aryl methyl sites for hydroxylation is 2. The Bertz CT molecular complexity index is 476. The highest BCUT2D eigenvalue weighted by Crippen LogP contribution is 2.19. The molecule has 0 radical (unpaired) electrons. The monoisotopic (exact) mass is 207 g/mol. The lowest BCUT2D eigenvalue weighted by Gasteiger charge is -2.03. The fourth-order valence-corrected chi connectivity index (χ4v) is 1.71. The topological polar surface area (TPSA) is 43.8 Å². The van der Waals surface area contributed by atoms with Gasteiger partial charge < -0.3 is 5.73 Å². The first-order valence-corrected chi connectivity index (χ1v) is 5.02. The van der Waals surface area contributed by atoms with Crippen LogP contribution >= 0.6 is 0 Å². The van der Waals surface area contributed by atoms with Crippen LogP contribution in [0.25, 0.3) is 10.9 Å². The van der Waals surface area contributed by atoms with Crippen LogP contribution in [0, 0.1) is 5.82 Å².